The highest BCUT2D eigenvalue weighted by molar-refractivity contribution is 7.14. The molecule has 3 heterocycles. The van der Waals surface area contributed by atoms with Gasteiger partial charge in [-0.15, -0.1) is 11.3 Å². The monoisotopic (exact) mass is 384 g/mol. The third-order valence-electron chi connectivity index (χ3n) is 4.71. The molecule has 1 amide bonds. The summed E-state index contributed by atoms with van der Waals surface area (Å²) in [6.07, 6.45) is 0. The van der Waals surface area contributed by atoms with Crippen LogP contribution < -0.4 is 14.8 Å². The van der Waals surface area contributed by atoms with Crippen molar-refractivity contribution in [3.63, 3.8) is 0 Å². The van der Waals surface area contributed by atoms with Crippen molar-refractivity contribution >= 4 is 22.2 Å². The Hall–Kier alpha value is -2.60. The number of carbonyl (C=O) groups excluding carboxylic acids is 1. The normalized spacial score (nSPS) is 16.9. The van der Waals surface area contributed by atoms with Crippen LogP contribution in [0.4, 0.5) is 5.00 Å². The van der Waals surface area contributed by atoms with Crippen molar-refractivity contribution in [3.8, 4) is 17.6 Å². The molecule has 0 aliphatic carbocycles. The van der Waals surface area contributed by atoms with E-state index >= 15 is 0 Å². The number of amides is 1. The fourth-order valence-electron chi connectivity index (χ4n) is 3.27. The summed E-state index contributed by atoms with van der Waals surface area (Å²) in [5.74, 6) is 1.55. The van der Waals surface area contributed by atoms with E-state index in [1.807, 2.05) is 17.5 Å². The Bertz CT molecular complexity index is 868. The smallest absolute Gasteiger partial charge is 0.239 e. The lowest BCUT2D eigenvalue weighted by molar-refractivity contribution is -0.117. The predicted octanol–water partition coefficient (Wildman–Crippen LogP) is 2.10. The van der Waals surface area contributed by atoms with Gasteiger partial charge in [-0.25, -0.2) is 0 Å². The molecule has 2 aromatic rings. The van der Waals surface area contributed by atoms with Gasteiger partial charge in [0.25, 0.3) is 0 Å². The van der Waals surface area contributed by atoms with Crippen molar-refractivity contribution in [2.75, 3.05) is 44.8 Å². The first-order valence-corrected chi connectivity index (χ1v) is 9.70. The fraction of sp³-hybridized carbons (Fsp3) is 0.368. The van der Waals surface area contributed by atoms with Crippen LogP contribution in [0.25, 0.3) is 0 Å². The number of benzene rings is 1. The van der Waals surface area contributed by atoms with Crippen molar-refractivity contribution < 1.29 is 14.3 Å². The van der Waals surface area contributed by atoms with Crippen LogP contribution >= 0.6 is 11.3 Å². The van der Waals surface area contributed by atoms with E-state index in [1.54, 1.807) is 6.07 Å². The van der Waals surface area contributed by atoms with E-state index in [0.29, 0.717) is 23.9 Å². The van der Waals surface area contributed by atoms with Gasteiger partial charge in [-0.2, -0.15) is 5.26 Å². The Labute approximate surface area is 161 Å². The van der Waals surface area contributed by atoms with Crippen LogP contribution in [-0.2, 0) is 11.3 Å². The minimum Gasteiger partial charge on any atom is -0.454 e. The van der Waals surface area contributed by atoms with E-state index in [9.17, 15) is 4.79 Å². The molecule has 1 aromatic carbocycles. The standard InChI is InChI=1S/C19H20N4O3S/c20-10-15-3-8-27-19(15)21-18(24)12-23-6-4-22(5-7-23)11-14-1-2-16-17(9-14)26-13-25-16/h1-3,8-9H,4-7,11-13H2,(H,21,24). The number of piperazine rings is 1. The van der Waals surface area contributed by atoms with Crippen LogP contribution in [0, 0.1) is 11.3 Å². The number of anilines is 1. The Kier molecular flexibility index (Phi) is 5.25. The Morgan fingerprint density at radius 3 is 2.74 bits per heavy atom. The molecule has 1 aromatic heterocycles. The summed E-state index contributed by atoms with van der Waals surface area (Å²) < 4.78 is 10.8. The zero-order chi connectivity index (χ0) is 18.6. The van der Waals surface area contributed by atoms with Crippen molar-refractivity contribution in [3.05, 3.63) is 40.8 Å². The summed E-state index contributed by atoms with van der Waals surface area (Å²) in [4.78, 5) is 16.8. The molecule has 2 aliphatic rings. The second-order valence-electron chi connectivity index (χ2n) is 6.56. The summed E-state index contributed by atoms with van der Waals surface area (Å²) in [7, 11) is 0. The highest BCUT2D eigenvalue weighted by Gasteiger charge is 2.21. The van der Waals surface area contributed by atoms with Crippen LogP contribution in [0.1, 0.15) is 11.1 Å². The van der Waals surface area contributed by atoms with Gasteiger partial charge in [0.15, 0.2) is 11.5 Å². The van der Waals surface area contributed by atoms with Crippen molar-refractivity contribution in [1.29, 1.82) is 5.26 Å². The average molecular weight is 384 g/mol. The lowest BCUT2D eigenvalue weighted by Crippen LogP contribution is -2.48. The Morgan fingerprint density at radius 1 is 1.15 bits per heavy atom. The molecule has 0 saturated carbocycles. The van der Waals surface area contributed by atoms with Gasteiger partial charge in [0, 0.05) is 32.7 Å². The van der Waals surface area contributed by atoms with Crippen LogP contribution in [0.3, 0.4) is 0 Å². The highest BCUT2D eigenvalue weighted by atomic mass is 32.1. The van der Waals surface area contributed by atoms with Gasteiger partial charge in [0.1, 0.15) is 11.1 Å². The van der Waals surface area contributed by atoms with Gasteiger partial charge in [-0.05, 0) is 29.1 Å². The first-order chi connectivity index (χ1) is 13.2. The zero-order valence-electron chi connectivity index (χ0n) is 14.8. The van der Waals surface area contributed by atoms with Gasteiger partial charge in [0.05, 0.1) is 12.1 Å². The van der Waals surface area contributed by atoms with Gasteiger partial charge < -0.3 is 14.8 Å². The second-order valence-corrected chi connectivity index (χ2v) is 7.48. The minimum atomic E-state index is -0.0711. The molecule has 0 radical (unpaired) electrons. The highest BCUT2D eigenvalue weighted by Crippen LogP contribution is 2.32. The average Bonchev–Trinajstić information content (AvgIpc) is 3.31. The fourth-order valence-corrected chi connectivity index (χ4v) is 4.02. The summed E-state index contributed by atoms with van der Waals surface area (Å²) in [6, 6.07) is 9.87. The molecule has 0 unspecified atom stereocenters. The number of rotatable bonds is 5. The van der Waals surface area contributed by atoms with Crippen molar-refractivity contribution in [2.24, 2.45) is 0 Å². The lowest BCUT2D eigenvalue weighted by atomic mass is 10.1. The number of nitriles is 1. The van der Waals surface area contributed by atoms with Gasteiger partial charge in [0.2, 0.25) is 12.7 Å². The first kappa shape index (κ1) is 17.8. The molecule has 1 fully saturated rings. The predicted molar refractivity (Wildman–Crippen MR) is 102 cm³/mol. The van der Waals surface area contributed by atoms with E-state index in [4.69, 9.17) is 14.7 Å². The number of hydrogen-bond acceptors (Lipinski definition) is 7. The second kappa shape index (κ2) is 7.96. The largest absolute Gasteiger partial charge is 0.454 e. The third kappa shape index (κ3) is 4.22. The number of nitrogens with one attached hydrogen (secondary N) is 1. The summed E-state index contributed by atoms with van der Waals surface area (Å²) in [5.41, 5.74) is 1.72. The van der Waals surface area contributed by atoms with Crippen LogP contribution in [0.5, 0.6) is 11.5 Å². The van der Waals surface area contributed by atoms with Gasteiger partial charge >= 0.3 is 0 Å². The summed E-state index contributed by atoms with van der Waals surface area (Å²) in [5, 5.41) is 14.3. The van der Waals surface area contributed by atoms with Crippen LogP contribution in [-0.4, -0.2) is 55.2 Å². The maximum absolute atomic E-state index is 12.2. The first-order valence-electron chi connectivity index (χ1n) is 8.82. The van der Waals surface area contributed by atoms with Gasteiger partial charge in [-0.3, -0.25) is 14.6 Å². The molecule has 27 heavy (non-hydrogen) atoms. The molecular formula is C19H20N4O3S. The van der Waals surface area contributed by atoms with E-state index in [1.165, 1.54) is 16.9 Å². The number of carbonyl (C=O) groups is 1. The van der Waals surface area contributed by atoms with Gasteiger partial charge in [-0.1, -0.05) is 6.07 Å². The SMILES string of the molecule is N#Cc1ccsc1NC(=O)CN1CCN(Cc2ccc3c(c2)OCO3)CC1. The maximum atomic E-state index is 12.2. The number of ether oxygens (including phenoxy) is 2. The minimum absolute atomic E-state index is 0.0711. The summed E-state index contributed by atoms with van der Waals surface area (Å²) in [6.45, 7) is 4.99. The van der Waals surface area contributed by atoms with E-state index in [0.717, 1.165) is 44.2 Å². The number of nitrogens with zero attached hydrogens (tertiary/aromatic N) is 3. The van der Waals surface area contributed by atoms with E-state index < -0.39 is 0 Å². The molecule has 1 N–H and O–H groups in total. The molecule has 8 heteroatoms. The van der Waals surface area contributed by atoms with Crippen molar-refractivity contribution in [1.82, 2.24) is 9.80 Å². The van der Waals surface area contributed by atoms with Crippen LogP contribution in [0.2, 0.25) is 0 Å². The maximum Gasteiger partial charge on any atom is 0.239 e. The Balaban J connectivity index is 1.24. The molecule has 4 rings (SSSR count). The molecule has 0 bridgehead atoms. The quantitative estimate of drug-likeness (QED) is 0.851. The number of hydrogen-bond donors (Lipinski definition) is 1. The van der Waals surface area contributed by atoms with E-state index in [-0.39, 0.29) is 5.91 Å². The van der Waals surface area contributed by atoms with E-state index in [2.05, 4.69) is 27.3 Å². The van der Waals surface area contributed by atoms with Crippen LogP contribution in [0.15, 0.2) is 29.6 Å². The molecule has 0 atom stereocenters. The third-order valence-corrected chi connectivity index (χ3v) is 5.54. The number of thiophene rings is 1. The molecule has 2 aliphatic heterocycles. The van der Waals surface area contributed by atoms with Crippen molar-refractivity contribution in [2.45, 2.75) is 6.54 Å². The molecule has 7 nitrogen and oxygen atoms in total. The zero-order valence-corrected chi connectivity index (χ0v) is 15.6. The number of fused-ring (bicyclic) bond motifs is 1. The molecule has 140 valence electrons. The molecule has 0 spiro atoms. The lowest BCUT2D eigenvalue weighted by Gasteiger charge is -2.34. The summed E-state index contributed by atoms with van der Waals surface area (Å²) >= 11 is 1.37. The molecule has 1 saturated heterocycles. The topological polar surface area (TPSA) is 77.8 Å². The molecular weight excluding hydrogens is 364 g/mol. The Morgan fingerprint density at radius 2 is 1.93 bits per heavy atom.